The van der Waals surface area contributed by atoms with E-state index in [-0.39, 0.29) is 0 Å². The van der Waals surface area contributed by atoms with Gasteiger partial charge in [-0.2, -0.15) is 0 Å². The van der Waals surface area contributed by atoms with Crippen molar-refractivity contribution in [1.29, 1.82) is 0 Å². The van der Waals surface area contributed by atoms with Crippen LogP contribution in [0, 0.1) is 0 Å². The second kappa shape index (κ2) is 3.92. The van der Waals surface area contributed by atoms with Gasteiger partial charge in [0.2, 0.25) is 0 Å². The van der Waals surface area contributed by atoms with E-state index in [1.165, 1.54) is 25.0 Å². The third-order valence-electron chi connectivity index (χ3n) is 2.75. The zero-order valence-corrected chi connectivity index (χ0v) is 8.16. The molecule has 1 N–H and O–H groups in total. The number of hydrogen-bond acceptors (Lipinski definition) is 2. The number of hydrogen-bond donors (Lipinski definition) is 1. The molecule has 1 saturated heterocycles. The maximum absolute atomic E-state index is 4.19. The van der Waals surface area contributed by atoms with Crippen molar-refractivity contribution in [3.8, 4) is 0 Å². The van der Waals surface area contributed by atoms with Crippen LogP contribution in [-0.2, 0) is 6.54 Å². The molecule has 1 aliphatic heterocycles. The first-order valence-electron chi connectivity index (χ1n) is 5.15. The quantitative estimate of drug-likeness (QED) is 0.749. The molecule has 1 aromatic rings. The molecule has 0 radical (unpaired) electrons. The molecule has 1 aromatic heterocycles. The zero-order valence-electron chi connectivity index (χ0n) is 8.16. The summed E-state index contributed by atoms with van der Waals surface area (Å²) in [5.41, 5.74) is 1.35. The van der Waals surface area contributed by atoms with Gasteiger partial charge in [-0.3, -0.25) is 0 Å². The fourth-order valence-corrected chi connectivity index (χ4v) is 1.99. The number of piperidine rings is 1. The molecular formula is C10H17N3. The normalized spacial score (nSPS) is 23.3. The van der Waals surface area contributed by atoms with Gasteiger partial charge in [0.25, 0.3) is 0 Å². The summed E-state index contributed by atoms with van der Waals surface area (Å²) in [5.74, 6) is 0. The highest BCUT2D eigenvalue weighted by atomic mass is 15.1. The monoisotopic (exact) mass is 179 g/mol. The van der Waals surface area contributed by atoms with Crippen molar-refractivity contribution in [3.63, 3.8) is 0 Å². The van der Waals surface area contributed by atoms with Crippen molar-refractivity contribution in [1.82, 2.24) is 14.9 Å². The Bertz CT molecular complexity index is 261. The topological polar surface area (TPSA) is 29.9 Å². The molecule has 0 aliphatic carbocycles. The molecular weight excluding hydrogens is 162 g/mol. The van der Waals surface area contributed by atoms with E-state index >= 15 is 0 Å². The molecule has 0 unspecified atom stereocenters. The van der Waals surface area contributed by atoms with E-state index < -0.39 is 0 Å². The number of imidazole rings is 1. The van der Waals surface area contributed by atoms with Gasteiger partial charge in [0, 0.05) is 18.8 Å². The summed E-state index contributed by atoms with van der Waals surface area (Å²) >= 11 is 0. The van der Waals surface area contributed by atoms with E-state index in [9.17, 15) is 0 Å². The van der Waals surface area contributed by atoms with E-state index in [4.69, 9.17) is 0 Å². The van der Waals surface area contributed by atoms with Crippen molar-refractivity contribution in [2.45, 2.75) is 38.8 Å². The van der Waals surface area contributed by atoms with Crippen molar-refractivity contribution < 1.29 is 0 Å². The average Bonchev–Trinajstić information content (AvgIpc) is 2.67. The van der Waals surface area contributed by atoms with Gasteiger partial charge < -0.3 is 9.88 Å². The van der Waals surface area contributed by atoms with Crippen LogP contribution in [0.5, 0.6) is 0 Å². The third-order valence-corrected chi connectivity index (χ3v) is 2.75. The van der Waals surface area contributed by atoms with Gasteiger partial charge in [0.05, 0.1) is 12.0 Å². The molecule has 0 saturated carbocycles. The lowest BCUT2D eigenvalue weighted by Crippen LogP contribution is -2.28. The summed E-state index contributed by atoms with van der Waals surface area (Å²) < 4.78 is 2.23. The van der Waals surface area contributed by atoms with Crippen LogP contribution in [0.4, 0.5) is 0 Å². The van der Waals surface area contributed by atoms with E-state index in [2.05, 4.69) is 21.8 Å². The number of rotatable bonds is 2. The van der Waals surface area contributed by atoms with Crippen molar-refractivity contribution in [3.05, 3.63) is 18.2 Å². The lowest BCUT2D eigenvalue weighted by atomic mass is 10.0. The molecule has 0 spiro atoms. The van der Waals surface area contributed by atoms with Crippen molar-refractivity contribution in [2.75, 3.05) is 6.54 Å². The Balaban J connectivity index is 2.13. The minimum absolute atomic E-state index is 0.538. The summed E-state index contributed by atoms with van der Waals surface area (Å²) in [4.78, 5) is 4.19. The maximum atomic E-state index is 4.19. The van der Waals surface area contributed by atoms with Crippen LogP contribution >= 0.6 is 0 Å². The van der Waals surface area contributed by atoms with Crippen LogP contribution in [0.15, 0.2) is 12.5 Å². The van der Waals surface area contributed by atoms with Gasteiger partial charge in [-0.1, -0.05) is 6.42 Å². The number of nitrogens with zero attached hydrogens (tertiary/aromatic N) is 2. The van der Waals surface area contributed by atoms with E-state index in [1.807, 2.05) is 12.5 Å². The highest BCUT2D eigenvalue weighted by Gasteiger charge is 2.17. The average molecular weight is 179 g/mol. The summed E-state index contributed by atoms with van der Waals surface area (Å²) in [6.07, 6.45) is 7.83. The minimum atomic E-state index is 0.538. The third kappa shape index (κ3) is 1.75. The summed E-state index contributed by atoms with van der Waals surface area (Å²) in [5, 5.41) is 3.54. The first-order chi connectivity index (χ1) is 6.42. The molecule has 13 heavy (non-hydrogen) atoms. The van der Waals surface area contributed by atoms with Crippen LogP contribution in [-0.4, -0.2) is 16.1 Å². The van der Waals surface area contributed by atoms with Gasteiger partial charge in [0.1, 0.15) is 0 Å². The van der Waals surface area contributed by atoms with Gasteiger partial charge >= 0.3 is 0 Å². The zero-order chi connectivity index (χ0) is 9.10. The fourth-order valence-electron chi connectivity index (χ4n) is 1.99. The molecule has 2 rings (SSSR count). The van der Waals surface area contributed by atoms with Crippen LogP contribution < -0.4 is 5.32 Å². The molecule has 1 fully saturated rings. The summed E-state index contributed by atoms with van der Waals surface area (Å²) in [6, 6.07) is 0.538. The molecule has 1 atom stereocenters. The smallest absolute Gasteiger partial charge is 0.0948 e. The Morgan fingerprint density at radius 2 is 2.54 bits per heavy atom. The fraction of sp³-hybridized carbons (Fsp3) is 0.700. The predicted octanol–water partition coefficient (Wildman–Crippen LogP) is 1.72. The van der Waals surface area contributed by atoms with E-state index in [0.717, 1.165) is 13.1 Å². The number of aryl methyl sites for hydroxylation is 1. The SMILES string of the molecule is CCn1cncc1[C@H]1CCCCN1. The van der Waals surface area contributed by atoms with Crippen molar-refractivity contribution >= 4 is 0 Å². The standard InChI is InChI=1S/C10H17N3/c1-2-13-8-11-7-10(13)9-5-3-4-6-12-9/h7-9,12H,2-6H2,1H3/t9-/m1/s1. The second-order valence-corrected chi connectivity index (χ2v) is 3.61. The lowest BCUT2D eigenvalue weighted by Gasteiger charge is -2.24. The Labute approximate surface area is 79.2 Å². The lowest BCUT2D eigenvalue weighted by molar-refractivity contribution is 0.394. The van der Waals surface area contributed by atoms with Gasteiger partial charge in [-0.15, -0.1) is 0 Å². The molecule has 0 bridgehead atoms. The molecule has 72 valence electrons. The Kier molecular flexibility index (Phi) is 2.64. The minimum Gasteiger partial charge on any atom is -0.333 e. The first-order valence-corrected chi connectivity index (χ1v) is 5.15. The Morgan fingerprint density at radius 1 is 1.62 bits per heavy atom. The highest BCUT2D eigenvalue weighted by Crippen LogP contribution is 2.22. The Hall–Kier alpha value is -0.830. The number of nitrogens with one attached hydrogen (secondary N) is 1. The molecule has 0 aromatic carbocycles. The molecule has 3 heteroatoms. The van der Waals surface area contributed by atoms with Crippen LogP contribution in [0.1, 0.15) is 37.9 Å². The first kappa shape index (κ1) is 8.75. The van der Waals surface area contributed by atoms with Crippen LogP contribution in [0.2, 0.25) is 0 Å². The number of aromatic nitrogens is 2. The molecule has 1 aliphatic rings. The van der Waals surface area contributed by atoms with E-state index in [0.29, 0.717) is 6.04 Å². The molecule has 2 heterocycles. The highest BCUT2D eigenvalue weighted by molar-refractivity contribution is 5.06. The van der Waals surface area contributed by atoms with Gasteiger partial charge in [0.15, 0.2) is 0 Å². The predicted molar refractivity (Wildman–Crippen MR) is 52.5 cm³/mol. The largest absolute Gasteiger partial charge is 0.333 e. The summed E-state index contributed by atoms with van der Waals surface area (Å²) in [6.45, 7) is 4.33. The van der Waals surface area contributed by atoms with Crippen molar-refractivity contribution in [2.24, 2.45) is 0 Å². The molecule has 3 nitrogen and oxygen atoms in total. The van der Waals surface area contributed by atoms with Gasteiger partial charge in [-0.05, 0) is 26.3 Å². The Morgan fingerprint density at radius 3 is 3.23 bits per heavy atom. The van der Waals surface area contributed by atoms with Crippen LogP contribution in [0.25, 0.3) is 0 Å². The van der Waals surface area contributed by atoms with Gasteiger partial charge in [-0.25, -0.2) is 4.98 Å². The molecule has 0 amide bonds. The summed E-state index contributed by atoms with van der Waals surface area (Å²) in [7, 11) is 0. The second-order valence-electron chi connectivity index (χ2n) is 3.61. The maximum Gasteiger partial charge on any atom is 0.0948 e. The van der Waals surface area contributed by atoms with Crippen LogP contribution in [0.3, 0.4) is 0 Å². The van der Waals surface area contributed by atoms with E-state index in [1.54, 1.807) is 0 Å².